The summed E-state index contributed by atoms with van der Waals surface area (Å²) in [4.78, 5) is 15.4. The first-order chi connectivity index (χ1) is 13.6. The van der Waals surface area contributed by atoms with Crippen LogP contribution < -0.4 is 0 Å². The summed E-state index contributed by atoms with van der Waals surface area (Å²) < 4.78 is 17.9. The summed E-state index contributed by atoms with van der Waals surface area (Å²) in [5.41, 5.74) is 1.65. The highest BCUT2D eigenvalue weighted by atomic mass is 16.5. The molecule has 0 spiro atoms. The quantitative estimate of drug-likeness (QED) is 0.778. The summed E-state index contributed by atoms with van der Waals surface area (Å²) in [6.07, 6.45) is 4.91. The number of hydrogen-bond donors (Lipinski definition) is 0. The summed E-state index contributed by atoms with van der Waals surface area (Å²) in [7, 11) is 0. The van der Waals surface area contributed by atoms with Crippen molar-refractivity contribution in [1.29, 1.82) is 0 Å². The van der Waals surface area contributed by atoms with Gasteiger partial charge in [0.05, 0.1) is 42.7 Å². The SMILES string of the molecule is CC1CN(CCOC2CCC3C(=O)C(c4ccccc4)=COC3C2)CC(C)O1. The Bertz CT molecular complexity index is 694. The molecule has 1 saturated heterocycles. The molecule has 1 aromatic rings. The zero-order chi connectivity index (χ0) is 19.5. The van der Waals surface area contributed by atoms with E-state index in [1.54, 1.807) is 6.26 Å². The number of ether oxygens (including phenoxy) is 3. The third-order valence-corrected chi connectivity index (χ3v) is 6.05. The second kappa shape index (κ2) is 8.76. The number of fused-ring (bicyclic) bond motifs is 1. The highest BCUT2D eigenvalue weighted by Crippen LogP contribution is 2.37. The van der Waals surface area contributed by atoms with Crippen LogP contribution in [0.5, 0.6) is 0 Å². The molecule has 5 nitrogen and oxygen atoms in total. The lowest BCUT2D eigenvalue weighted by Crippen LogP contribution is -2.47. The number of nitrogens with zero attached hydrogens (tertiary/aromatic N) is 1. The van der Waals surface area contributed by atoms with Crippen LogP contribution in [0.2, 0.25) is 0 Å². The van der Waals surface area contributed by atoms with Crippen LogP contribution in [0.15, 0.2) is 36.6 Å². The normalized spacial score (nSPS) is 33.7. The molecule has 0 radical (unpaired) electrons. The van der Waals surface area contributed by atoms with Crippen molar-refractivity contribution < 1.29 is 19.0 Å². The van der Waals surface area contributed by atoms with E-state index in [1.165, 1.54) is 0 Å². The third-order valence-electron chi connectivity index (χ3n) is 6.05. The van der Waals surface area contributed by atoms with E-state index in [0.29, 0.717) is 5.57 Å². The number of hydrogen-bond acceptors (Lipinski definition) is 5. The highest BCUT2D eigenvalue weighted by Gasteiger charge is 2.40. The Morgan fingerprint density at radius 3 is 2.61 bits per heavy atom. The molecule has 2 aliphatic heterocycles. The van der Waals surface area contributed by atoms with Crippen LogP contribution >= 0.6 is 0 Å². The number of rotatable bonds is 5. The van der Waals surface area contributed by atoms with Gasteiger partial charge in [-0.05, 0) is 32.3 Å². The zero-order valence-corrected chi connectivity index (χ0v) is 16.9. The fourth-order valence-corrected chi connectivity index (χ4v) is 4.75. The molecule has 2 heterocycles. The van der Waals surface area contributed by atoms with E-state index < -0.39 is 0 Å². The molecule has 0 aromatic heterocycles. The van der Waals surface area contributed by atoms with Crippen molar-refractivity contribution in [1.82, 2.24) is 4.90 Å². The molecule has 152 valence electrons. The molecular formula is C23H31NO4. The maximum Gasteiger partial charge on any atom is 0.173 e. The van der Waals surface area contributed by atoms with Crippen molar-refractivity contribution in [3.05, 3.63) is 42.2 Å². The number of Topliss-reactive ketones (excluding diaryl/α,β-unsaturated/α-hetero) is 1. The molecule has 1 aromatic carbocycles. The van der Waals surface area contributed by atoms with Crippen molar-refractivity contribution >= 4 is 11.4 Å². The van der Waals surface area contributed by atoms with Crippen LogP contribution in [0, 0.1) is 5.92 Å². The zero-order valence-electron chi connectivity index (χ0n) is 16.9. The fraction of sp³-hybridized carbons (Fsp3) is 0.609. The minimum atomic E-state index is -0.0536. The van der Waals surface area contributed by atoms with Gasteiger partial charge in [-0.15, -0.1) is 0 Å². The second-order valence-corrected chi connectivity index (χ2v) is 8.37. The average molecular weight is 386 g/mol. The van der Waals surface area contributed by atoms with E-state index in [9.17, 15) is 4.79 Å². The van der Waals surface area contributed by atoms with Gasteiger partial charge in [0.1, 0.15) is 6.10 Å². The Hall–Kier alpha value is -1.69. The second-order valence-electron chi connectivity index (χ2n) is 8.37. The van der Waals surface area contributed by atoms with Gasteiger partial charge in [0.2, 0.25) is 0 Å². The number of morpholine rings is 1. The highest BCUT2D eigenvalue weighted by molar-refractivity contribution is 6.22. The van der Waals surface area contributed by atoms with E-state index in [-0.39, 0.29) is 36.1 Å². The van der Waals surface area contributed by atoms with E-state index in [2.05, 4.69) is 18.7 Å². The molecule has 5 atom stereocenters. The first-order valence-electron chi connectivity index (χ1n) is 10.5. The number of ketones is 1. The minimum Gasteiger partial charge on any atom is -0.496 e. The van der Waals surface area contributed by atoms with E-state index in [1.807, 2.05) is 30.3 Å². The lowest BCUT2D eigenvalue weighted by molar-refractivity contribution is -0.128. The Morgan fingerprint density at radius 1 is 1.11 bits per heavy atom. The van der Waals surface area contributed by atoms with Crippen LogP contribution in [-0.2, 0) is 19.0 Å². The van der Waals surface area contributed by atoms with Crippen LogP contribution in [0.4, 0.5) is 0 Å². The van der Waals surface area contributed by atoms with E-state index in [0.717, 1.165) is 51.1 Å². The fourth-order valence-electron chi connectivity index (χ4n) is 4.75. The van der Waals surface area contributed by atoms with Crippen LogP contribution in [-0.4, -0.2) is 61.3 Å². The van der Waals surface area contributed by atoms with Gasteiger partial charge in [-0.1, -0.05) is 30.3 Å². The topological polar surface area (TPSA) is 48.0 Å². The molecule has 4 rings (SSSR count). The molecule has 1 saturated carbocycles. The summed E-state index contributed by atoms with van der Waals surface area (Å²) in [5.74, 6) is 0.179. The number of benzene rings is 1. The Morgan fingerprint density at radius 2 is 1.86 bits per heavy atom. The van der Waals surface area contributed by atoms with Gasteiger partial charge in [0, 0.05) is 26.1 Å². The maximum atomic E-state index is 12.9. The number of allylic oxidation sites excluding steroid dienone is 1. The minimum absolute atomic E-state index is 0.0407. The van der Waals surface area contributed by atoms with Crippen molar-refractivity contribution in [2.75, 3.05) is 26.2 Å². The Labute approximate surface area is 167 Å². The van der Waals surface area contributed by atoms with Gasteiger partial charge in [-0.25, -0.2) is 0 Å². The number of carbonyl (C=O) groups excluding carboxylic acids is 1. The summed E-state index contributed by atoms with van der Waals surface area (Å²) in [6, 6.07) is 9.80. The van der Waals surface area contributed by atoms with Crippen LogP contribution in [0.25, 0.3) is 5.57 Å². The molecule has 2 fully saturated rings. The Balaban J connectivity index is 1.27. The maximum absolute atomic E-state index is 12.9. The van der Waals surface area contributed by atoms with Crippen molar-refractivity contribution in [3.8, 4) is 0 Å². The van der Waals surface area contributed by atoms with Gasteiger partial charge >= 0.3 is 0 Å². The standard InChI is InChI=1S/C23H31NO4/c1-16-13-24(14-17(2)28-16)10-11-26-19-8-9-20-22(12-19)27-15-21(23(20)25)18-6-4-3-5-7-18/h3-7,15-17,19-20,22H,8-14H2,1-2H3. The molecule has 1 aliphatic carbocycles. The summed E-state index contributed by atoms with van der Waals surface area (Å²) >= 11 is 0. The molecule has 3 aliphatic rings. The molecule has 0 amide bonds. The predicted molar refractivity (Wildman–Crippen MR) is 108 cm³/mol. The van der Waals surface area contributed by atoms with Crippen molar-refractivity contribution in [2.45, 2.75) is 57.5 Å². The van der Waals surface area contributed by atoms with Gasteiger partial charge < -0.3 is 14.2 Å². The monoisotopic (exact) mass is 385 g/mol. The van der Waals surface area contributed by atoms with E-state index >= 15 is 0 Å². The summed E-state index contributed by atoms with van der Waals surface area (Å²) in [6.45, 7) is 7.83. The Kier molecular flexibility index (Phi) is 6.14. The lowest BCUT2D eigenvalue weighted by atomic mass is 9.78. The van der Waals surface area contributed by atoms with Gasteiger partial charge in [0.15, 0.2) is 5.78 Å². The molecule has 28 heavy (non-hydrogen) atoms. The number of carbonyl (C=O) groups is 1. The predicted octanol–water partition coefficient (Wildman–Crippen LogP) is 3.29. The van der Waals surface area contributed by atoms with Gasteiger partial charge in [0.25, 0.3) is 0 Å². The molecular weight excluding hydrogens is 354 g/mol. The first-order valence-corrected chi connectivity index (χ1v) is 10.5. The average Bonchev–Trinajstić information content (AvgIpc) is 2.68. The largest absolute Gasteiger partial charge is 0.496 e. The van der Waals surface area contributed by atoms with Gasteiger partial charge in [-0.2, -0.15) is 0 Å². The molecule has 5 heteroatoms. The van der Waals surface area contributed by atoms with E-state index in [4.69, 9.17) is 14.2 Å². The smallest absolute Gasteiger partial charge is 0.173 e. The van der Waals surface area contributed by atoms with Crippen LogP contribution in [0.1, 0.15) is 38.7 Å². The van der Waals surface area contributed by atoms with Gasteiger partial charge in [-0.3, -0.25) is 9.69 Å². The third kappa shape index (κ3) is 4.48. The van der Waals surface area contributed by atoms with Crippen molar-refractivity contribution in [2.24, 2.45) is 5.92 Å². The summed E-state index contributed by atoms with van der Waals surface area (Å²) in [5, 5.41) is 0. The lowest BCUT2D eigenvalue weighted by Gasteiger charge is -2.38. The molecule has 0 N–H and O–H groups in total. The molecule has 0 bridgehead atoms. The molecule has 5 unspecified atom stereocenters. The van der Waals surface area contributed by atoms with Crippen molar-refractivity contribution in [3.63, 3.8) is 0 Å². The first kappa shape index (κ1) is 19.6. The van der Waals surface area contributed by atoms with Crippen LogP contribution in [0.3, 0.4) is 0 Å².